The second-order valence-corrected chi connectivity index (χ2v) is 7.90. The molecule has 1 aliphatic carbocycles. The summed E-state index contributed by atoms with van der Waals surface area (Å²) < 4.78 is 0. The van der Waals surface area contributed by atoms with Crippen molar-refractivity contribution in [3.8, 4) is 0 Å². The van der Waals surface area contributed by atoms with Crippen molar-refractivity contribution in [1.29, 1.82) is 0 Å². The summed E-state index contributed by atoms with van der Waals surface area (Å²) in [6, 6.07) is 6.89. The fourth-order valence-electron chi connectivity index (χ4n) is 3.61. The van der Waals surface area contributed by atoms with Gasteiger partial charge in [-0.2, -0.15) is 0 Å². The predicted molar refractivity (Wildman–Crippen MR) is 99.2 cm³/mol. The van der Waals surface area contributed by atoms with Crippen molar-refractivity contribution in [3.05, 3.63) is 41.5 Å². The van der Waals surface area contributed by atoms with Crippen LogP contribution in [0.4, 0.5) is 10.5 Å². The van der Waals surface area contributed by atoms with Crippen molar-refractivity contribution in [2.24, 2.45) is 17.3 Å². The number of allylic oxidation sites excluding steroid dienone is 2. The van der Waals surface area contributed by atoms with Crippen molar-refractivity contribution >= 4 is 23.5 Å². The molecule has 1 aromatic rings. The van der Waals surface area contributed by atoms with Crippen molar-refractivity contribution in [2.75, 3.05) is 11.9 Å². The van der Waals surface area contributed by atoms with Crippen LogP contribution in [0.3, 0.4) is 0 Å². The van der Waals surface area contributed by atoms with E-state index in [9.17, 15) is 14.4 Å². The average Bonchev–Trinajstić information content (AvgIpc) is 2.94. The molecule has 3 rings (SSSR count). The predicted octanol–water partition coefficient (Wildman–Crippen LogP) is 2.92. The smallest absolute Gasteiger partial charge is 0.324 e. The molecular formula is C20H25N3O3. The molecule has 6 heteroatoms. The van der Waals surface area contributed by atoms with Gasteiger partial charge in [0.1, 0.15) is 0 Å². The Hall–Kier alpha value is -2.63. The fourth-order valence-corrected chi connectivity index (χ4v) is 3.61. The van der Waals surface area contributed by atoms with E-state index >= 15 is 0 Å². The van der Waals surface area contributed by atoms with Crippen LogP contribution in [0.1, 0.15) is 33.3 Å². The molecular weight excluding hydrogens is 330 g/mol. The van der Waals surface area contributed by atoms with Gasteiger partial charge >= 0.3 is 6.03 Å². The lowest BCUT2D eigenvalue weighted by Crippen LogP contribution is -2.30. The fraction of sp³-hybridized carbons (Fsp3) is 0.450. The number of carbonyl (C=O) groups excluding carboxylic acids is 3. The van der Waals surface area contributed by atoms with Crippen LogP contribution in [-0.4, -0.2) is 29.3 Å². The Morgan fingerprint density at radius 3 is 2.69 bits per heavy atom. The van der Waals surface area contributed by atoms with Crippen molar-refractivity contribution in [3.63, 3.8) is 0 Å². The number of rotatable bonds is 5. The van der Waals surface area contributed by atoms with E-state index in [-0.39, 0.29) is 48.2 Å². The van der Waals surface area contributed by atoms with Crippen molar-refractivity contribution in [1.82, 2.24) is 10.2 Å². The highest BCUT2D eigenvalue weighted by Gasteiger charge is 2.60. The molecule has 0 spiro atoms. The molecule has 1 heterocycles. The molecule has 1 aliphatic heterocycles. The average molecular weight is 355 g/mol. The highest BCUT2D eigenvalue weighted by Crippen LogP contribution is 2.59. The zero-order chi connectivity index (χ0) is 19.1. The largest absolute Gasteiger partial charge is 0.329 e. The molecule has 1 saturated carbocycles. The third-order valence-electron chi connectivity index (χ3n) is 5.18. The monoisotopic (exact) mass is 355 g/mol. The van der Waals surface area contributed by atoms with Gasteiger partial charge < -0.3 is 10.6 Å². The van der Waals surface area contributed by atoms with E-state index in [1.54, 1.807) is 0 Å². The van der Waals surface area contributed by atoms with Crippen molar-refractivity contribution in [2.45, 2.75) is 34.2 Å². The number of nitrogens with zero attached hydrogens (tertiary/aromatic N) is 1. The molecule has 2 N–H and O–H groups in total. The molecule has 1 saturated heterocycles. The Balaban J connectivity index is 1.68. The number of carbonyl (C=O) groups is 3. The second-order valence-electron chi connectivity index (χ2n) is 7.90. The molecule has 2 aliphatic rings. The summed E-state index contributed by atoms with van der Waals surface area (Å²) in [6.45, 7) is 8.54. The lowest BCUT2D eigenvalue weighted by atomic mass is 10.1. The molecule has 4 amide bonds. The number of anilines is 1. The molecule has 0 bridgehead atoms. The molecule has 26 heavy (non-hydrogen) atoms. The van der Waals surface area contributed by atoms with Gasteiger partial charge in [-0.1, -0.05) is 37.6 Å². The van der Waals surface area contributed by atoms with E-state index in [4.69, 9.17) is 0 Å². The van der Waals surface area contributed by atoms with Gasteiger partial charge in [0.05, 0.1) is 19.0 Å². The molecule has 0 radical (unpaired) electrons. The summed E-state index contributed by atoms with van der Waals surface area (Å²) in [5, 5.41) is 5.48. The summed E-state index contributed by atoms with van der Waals surface area (Å²) in [7, 11) is 0. The van der Waals surface area contributed by atoms with Crippen LogP contribution in [0, 0.1) is 17.3 Å². The van der Waals surface area contributed by atoms with Crippen LogP contribution in [0.5, 0.6) is 0 Å². The first-order chi connectivity index (χ1) is 12.2. The number of nitrogens with one attached hydrogen (secondary N) is 2. The molecule has 6 nitrogen and oxygen atoms in total. The highest BCUT2D eigenvalue weighted by atomic mass is 16.2. The molecule has 138 valence electrons. The van der Waals surface area contributed by atoms with E-state index in [0.717, 1.165) is 5.56 Å². The lowest BCUT2D eigenvalue weighted by molar-refractivity contribution is -0.125. The SMILES string of the molecule is CC(C)=C[C@@H]1[C@@H](C(=O)Nc2cccc(CN3C(=O)CNC3=O)c2)C1(C)C. The number of imide groups is 1. The van der Waals surface area contributed by atoms with Crippen molar-refractivity contribution < 1.29 is 14.4 Å². The van der Waals surface area contributed by atoms with Crippen LogP contribution < -0.4 is 10.6 Å². The quantitative estimate of drug-likeness (QED) is 0.630. The van der Waals surface area contributed by atoms with Gasteiger partial charge in [0.25, 0.3) is 0 Å². The van der Waals surface area contributed by atoms with Gasteiger partial charge in [0.15, 0.2) is 0 Å². The zero-order valence-corrected chi connectivity index (χ0v) is 15.6. The first-order valence-electron chi connectivity index (χ1n) is 8.83. The minimum atomic E-state index is -0.381. The molecule has 2 atom stereocenters. The van der Waals surface area contributed by atoms with E-state index < -0.39 is 0 Å². The van der Waals surface area contributed by atoms with Gasteiger partial charge in [-0.15, -0.1) is 0 Å². The maximum atomic E-state index is 12.7. The van der Waals surface area contributed by atoms with Gasteiger partial charge in [-0.3, -0.25) is 14.5 Å². The first-order valence-corrected chi connectivity index (χ1v) is 8.83. The Bertz CT molecular complexity index is 777. The number of benzene rings is 1. The van der Waals surface area contributed by atoms with E-state index in [0.29, 0.717) is 5.69 Å². The van der Waals surface area contributed by atoms with Crippen LogP contribution in [0.2, 0.25) is 0 Å². The topological polar surface area (TPSA) is 78.5 Å². The van der Waals surface area contributed by atoms with Gasteiger partial charge in [-0.25, -0.2) is 4.79 Å². The molecule has 2 fully saturated rings. The first kappa shape index (κ1) is 18.2. The standard InChI is InChI=1S/C20H25N3O3/c1-12(2)8-15-17(20(15,3)4)18(25)22-14-7-5-6-13(9-14)11-23-16(24)10-21-19(23)26/h5-9,15,17H,10-11H2,1-4H3,(H,21,26)(H,22,25)/t15-,17+/m1/s1. The number of hydrogen-bond acceptors (Lipinski definition) is 3. The molecule has 0 aromatic heterocycles. The number of amides is 4. The zero-order valence-electron chi connectivity index (χ0n) is 15.6. The van der Waals surface area contributed by atoms with Gasteiger partial charge in [0, 0.05) is 5.69 Å². The molecule has 0 unspecified atom stereocenters. The minimum Gasteiger partial charge on any atom is -0.329 e. The third-order valence-corrected chi connectivity index (χ3v) is 5.18. The van der Waals surface area contributed by atoms with Crippen LogP contribution >= 0.6 is 0 Å². The van der Waals surface area contributed by atoms with Crippen LogP contribution in [-0.2, 0) is 16.1 Å². The molecule has 1 aromatic carbocycles. The number of hydrogen-bond donors (Lipinski definition) is 2. The Morgan fingerprint density at radius 2 is 2.08 bits per heavy atom. The Morgan fingerprint density at radius 1 is 1.35 bits per heavy atom. The summed E-state index contributed by atoms with van der Waals surface area (Å²) in [5.41, 5.74) is 2.65. The summed E-state index contributed by atoms with van der Waals surface area (Å²) in [4.78, 5) is 37.2. The Labute approximate surface area is 153 Å². The highest BCUT2D eigenvalue weighted by molar-refractivity contribution is 6.02. The maximum Gasteiger partial charge on any atom is 0.324 e. The van der Waals surface area contributed by atoms with Crippen LogP contribution in [0.25, 0.3) is 0 Å². The summed E-state index contributed by atoms with van der Waals surface area (Å²) in [5.74, 6) is -0.0352. The maximum absolute atomic E-state index is 12.7. The summed E-state index contributed by atoms with van der Waals surface area (Å²) in [6.07, 6.45) is 2.16. The van der Waals surface area contributed by atoms with E-state index in [1.165, 1.54) is 10.5 Å². The third kappa shape index (κ3) is 3.49. The normalized spacial score (nSPS) is 23.5. The second kappa shape index (κ2) is 6.59. The minimum absolute atomic E-state index is 0.00430. The van der Waals surface area contributed by atoms with E-state index in [1.807, 2.05) is 38.1 Å². The summed E-state index contributed by atoms with van der Waals surface area (Å²) >= 11 is 0. The lowest BCUT2D eigenvalue weighted by Gasteiger charge is -2.13. The number of urea groups is 1. The van der Waals surface area contributed by atoms with E-state index in [2.05, 4.69) is 30.6 Å². The van der Waals surface area contributed by atoms with Gasteiger partial charge in [0.2, 0.25) is 11.8 Å². The van der Waals surface area contributed by atoms with Gasteiger partial charge in [-0.05, 0) is 42.9 Å². The van der Waals surface area contributed by atoms with Crippen LogP contribution in [0.15, 0.2) is 35.9 Å². The Kier molecular flexibility index (Phi) is 4.61.